The quantitative estimate of drug-likeness (QED) is 0.479. The molecule has 0 spiro atoms. The third kappa shape index (κ3) is 4.19. The van der Waals surface area contributed by atoms with Crippen molar-refractivity contribution >= 4 is 0 Å². The third-order valence-corrected chi connectivity index (χ3v) is 4.90. The number of unbranched alkanes of at least 4 members (excludes halogenated alkanes) is 2. The van der Waals surface area contributed by atoms with E-state index in [4.69, 9.17) is 9.97 Å². The van der Waals surface area contributed by atoms with E-state index in [0.717, 1.165) is 23.5 Å². The summed E-state index contributed by atoms with van der Waals surface area (Å²) in [5, 5.41) is 0. The zero-order valence-corrected chi connectivity index (χ0v) is 16.3. The lowest BCUT2D eigenvalue weighted by Crippen LogP contribution is -2.03. The van der Waals surface area contributed by atoms with Crippen LogP contribution in [-0.4, -0.2) is 9.97 Å². The van der Waals surface area contributed by atoms with Gasteiger partial charge in [0.1, 0.15) is 0 Å². The van der Waals surface area contributed by atoms with Gasteiger partial charge in [0.25, 0.3) is 0 Å². The monoisotopic (exact) mass is 344 g/mol. The first-order valence-corrected chi connectivity index (χ1v) is 9.60. The molecule has 2 nitrogen and oxygen atoms in total. The van der Waals surface area contributed by atoms with E-state index in [1.807, 2.05) is 0 Å². The summed E-state index contributed by atoms with van der Waals surface area (Å²) in [6.45, 7) is 8.62. The van der Waals surface area contributed by atoms with Crippen molar-refractivity contribution in [3.8, 4) is 22.6 Å². The smallest absolute Gasteiger partial charge is 0.160 e. The van der Waals surface area contributed by atoms with Gasteiger partial charge in [-0.05, 0) is 39.2 Å². The maximum absolute atomic E-state index is 4.95. The molecule has 26 heavy (non-hydrogen) atoms. The fourth-order valence-electron chi connectivity index (χ4n) is 3.17. The molecule has 0 fully saturated rings. The van der Waals surface area contributed by atoms with Gasteiger partial charge in [0.05, 0.1) is 5.69 Å². The summed E-state index contributed by atoms with van der Waals surface area (Å²) in [6, 6.07) is 17.1. The lowest BCUT2D eigenvalue weighted by Gasteiger charge is -2.13. The fourth-order valence-corrected chi connectivity index (χ4v) is 3.17. The van der Waals surface area contributed by atoms with Gasteiger partial charge in [-0.25, -0.2) is 9.97 Å². The predicted octanol–water partition coefficient (Wildman–Crippen LogP) is 6.47. The van der Waals surface area contributed by atoms with E-state index in [0.29, 0.717) is 0 Å². The van der Waals surface area contributed by atoms with Crippen LogP contribution in [0.4, 0.5) is 0 Å². The van der Waals surface area contributed by atoms with Crippen molar-refractivity contribution < 1.29 is 0 Å². The minimum absolute atomic E-state index is 0.831. The minimum atomic E-state index is 0.831. The molecule has 0 saturated carbocycles. The van der Waals surface area contributed by atoms with Gasteiger partial charge in [-0.3, -0.25) is 0 Å². The third-order valence-electron chi connectivity index (χ3n) is 4.90. The molecule has 0 radical (unpaired) electrons. The highest BCUT2D eigenvalue weighted by Crippen LogP contribution is 2.28. The van der Waals surface area contributed by atoms with E-state index in [1.54, 1.807) is 0 Å². The minimum Gasteiger partial charge on any atom is -0.233 e. The number of hydrogen-bond donors (Lipinski definition) is 0. The number of aryl methyl sites for hydroxylation is 3. The molecule has 0 aliphatic heterocycles. The van der Waals surface area contributed by atoms with Gasteiger partial charge >= 0.3 is 0 Å². The average molecular weight is 345 g/mol. The molecule has 0 amide bonds. The van der Waals surface area contributed by atoms with Crippen LogP contribution >= 0.6 is 0 Å². The van der Waals surface area contributed by atoms with Crippen LogP contribution in [0.1, 0.15) is 48.6 Å². The second-order valence-electron chi connectivity index (χ2n) is 7.16. The summed E-state index contributed by atoms with van der Waals surface area (Å²) in [6.07, 6.45) is 4.65. The number of rotatable bonds is 6. The summed E-state index contributed by atoms with van der Waals surface area (Å²) >= 11 is 0. The molecule has 0 saturated heterocycles. The number of benzene rings is 2. The Morgan fingerprint density at radius 1 is 0.692 bits per heavy atom. The van der Waals surface area contributed by atoms with Gasteiger partial charge in [-0.1, -0.05) is 79.4 Å². The molecule has 0 bridgehead atoms. The lowest BCUT2D eigenvalue weighted by molar-refractivity contribution is 0.703. The summed E-state index contributed by atoms with van der Waals surface area (Å²) < 4.78 is 0. The normalized spacial score (nSPS) is 10.9. The highest BCUT2D eigenvalue weighted by Gasteiger charge is 2.13. The molecule has 2 aromatic carbocycles. The van der Waals surface area contributed by atoms with Gasteiger partial charge < -0.3 is 0 Å². The van der Waals surface area contributed by atoms with Crippen LogP contribution in [-0.2, 0) is 6.42 Å². The Labute approximate surface area is 157 Å². The Morgan fingerprint density at radius 2 is 1.27 bits per heavy atom. The SMILES string of the molecule is CCCCCc1nc(-c2ccc(C)cc2)nc(-c2ccc(C)cc2)c1C. The molecule has 3 rings (SSSR count). The van der Waals surface area contributed by atoms with Crippen LogP contribution in [0.5, 0.6) is 0 Å². The first kappa shape index (κ1) is 18.3. The molecule has 0 aliphatic carbocycles. The van der Waals surface area contributed by atoms with E-state index in [-0.39, 0.29) is 0 Å². The standard InChI is InChI=1S/C24H28N2/c1-5-6-7-8-22-19(4)23(20-13-9-17(2)10-14-20)26-24(25-22)21-15-11-18(3)12-16-21/h9-16H,5-8H2,1-4H3. The summed E-state index contributed by atoms with van der Waals surface area (Å²) in [5.41, 5.74) is 8.22. The molecular weight excluding hydrogens is 316 g/mol. The molecule has 2 heteroatoms. The molecule has 0 atom stereocenters. The molecule has 1 heterocycles. The van der Waals surface area contributed by atoms with Crippen LogP contribution in [0.15, 0.2) is 48.5 Å². The predicted molar refractivity (Wildman–Crippen MR) is 110 cm³/mol. The van der Waals surface area contributed by atoms with Crippen LogP contribution in [0.25, 0.3) is 22.6 Å². The number of hydrogen-bond acceptors (Lipinski definition) is 2. The van der Waals surface area contributed by atoms with E-state index in [9.17, 15) is 0 Å². The Kier molecular flexibility index (Phi) is 5.82. The van der Waals surface area contributed by atoms with Crippen LogP contribution in [0.3, 0.4) is 0 Å². The maximum Gasteiger partial charge on any atom is 0.160 e. The molecule has 0 N–H and O–H groups in total. The highest BCUT2D eigenvalue weighted by atomic mass is 14.9. The first-order chi connectivity index (χ1) is 12.6. The summed E-state index contributed by atoms with van der Waals surface area (Å²) in [4.78, 5) is 9.89. The van der Waals surface area contributed by atoms with Crippen molar-refractivity contribution in [2.24, 2.45) is 0 Å². The topological polar surface area (TPSA) is 25.8 Å². The Morgan fingerprint density at radius 3 is 1.85 bits per heavy atom. The van der Waals surface area contributed by atoms with Crippen molar-refractivity contribution in [1.82, 2.24) is 9.97 Å². The molecule has 134 valence electrons. The van der Waals surface area contributed by atoms with Crippen molar-refractivity contribution in [2.45, 2.75) is 53.4 Å². The lowest BCUT2D eigenvalue weighted by atomic mass is 10.0. The molecule has 0 aliphatic rings. The van der Waals surface area contributed by atoms with Crippen LogP contribution in [0.2, 0.25) is 0 Å². The zero-order valence-electron chi connectivity index (χ0n) is 16.3. The largest absolute Gasteiger partial charge is 0.233 e. The van der Waals surface area contributed by atoms with Gasteiger partial charge in [-0.2, -0.15) is 0 Å². The molecule has 0 unspecified atom stereocenters. The van der Waals surface area contributed by atoms with Gasteiger partial charge in [-0.15, -0.1) is 0 Å². The Bertz CT molecular complexity index is 862. The Hall–Kier alpha value is -2.48. The maximum atomic E-state index is 4.95. The average Bonchev–Trinajstić information content (AvgIpc) is 2.65. The van der Waals surface area contributed by atoms with Crippen molar-refractivity contribution in [1.29, 1.82) is 0 Å². The zero-order chi connectivity index (χ0) is 18.5. The number of nitrogens with zero attached hydrogens (tertiary/aromatic N) is 2. The second-order valence-corrected chi connectivity index (χ2v) is 7.16. The summed E-state index contributed by atoms with van der Waals surface area (Å²) in [7, 11) is 0. The summed E-state index contributed by atoms with van der Waals surface area (Å²) in [5.74, 6) is 0.831. The Balaban J connectivity index is 2.09. The van der Waals surface area contributed by atoms with Gasteiger partial charge in [0.15, 0.2) is 5.82 Å². The van der Waals surface area contributed by atoms with Crippen molar-refractivity contribution in [3.05, 3.63) is 70.9 Å². The number of aromatic nitrogens is 2. The van der Waals surface area contributed by atoms with E-state index >= 15 is 0 Å². The van der Waals surface area contributed by atoms with Crippen molar-refractivity contribution in [2.75, 3.05) is 0 Å². The van der Waals surface area contributed by atoms with Crippen LogP contribution in [0, 0.1) is 20.8 Å². The fraction of sp³-hybridized carbons (Fsp3) is 0.333. The van der Waals surface area contributed by atoms with Gasteiger partial charge in [0.2, 0.25) is 0 Å². The van der Waals surface area contributed by atoms with Crippen LogP contribution < -0.4 is 0 Å². The van der Waals surface area contributed by atoms with E-state index in [1.165, 1.54) is 47.2 Å². The molecular formula is C24H28N2. The van der Waals surface area contributed by atoms with E-state index < -0.39 is 0 Å². The van der Waals surface area contributed by atoms with E-state index in [2.05, 4.69) is 76.2 Å². The van der Waals surface area contributed by atoms with Gasteiger partial charge in [0, 0.05) is 16.8 Å². The molecule has 1 aromatic heterocycles. The second kappa shape index (κ2) is 8.27. The van der Waals surface area contributed by atoms with Crippen molar-refractivity contribution in [3.63, 3.8) is 0 Å². The molecule has 3 aromatic rings. The first-order valence-electron chi connectivity index (χ1n) is 9.60. The highest BCUT2D eigenvalue weighted by molar-refractivity contribution is 5.68.